The maximum Gasteiger partial charge on any atom is 0.198 e. The summed E-state index contributed by atoms with van der Waals surface area (Å²) in [6.07, 6.45) is 0.390. The third-order valence-corrected chi connectivity index (χ3v) is 3.34. The van der Waals surface area contributed by atoms with Gasteiger partial charge in [-0.2, -0.15) is 0 Å². The number of hydrogen-bond donors (Lipinski definition) is 1. The number of hydrogen-bond acceptors (Lipinski definition) is 2. The van der Waals surface area contributed by atoms with Crippen LogP contribution in [0.2, 0.25) is 10.0 Å². The summed E-state index contributed by atoms with van der Waals surface area (Å²) in [5.41, 5.74) is 5.83. The molecule has 0 heterocycles. The minimum Gasteiger partial charge on any atom is -0.451 e. The molecule has 2 aromatic carbocycles. The third-order valence-electron chi connectivity index (χ3n) is 2.60. The summed E-state index contributed by atoms with van der Waals surface area (Å²) < 4.78 is 32.9. The highest BCUT2D eigenvalue weighted by atomic mass is 35.5. The molecule has 0 aromatic heterocycles. The lowest BCUT2D eigenvalue weighted by Crippen LogP contribution is -2.04. The van der Waals surface area contributed by atoms with Crippen molar-refractivity contribution in [1.82, 2.24) is 0 Å². The molecule has 0 aliphatic heterocycles. The Bertz CT molecular complexity index is 612. The molecule has 0 aliphatic carbocycles. The second kappa shape index (κ2) is 6.39. The number of nitrogens with two attached hydrogens (primary N) is 1. The van der Waals surface area contributed by atoms with Gasteiger partial charge in [-0.15, -0.1) is 0 Å². The van der Waals surface area contributed by atoms with Crippen LogP contribution in [0.3, 0.4) is 0 Å². The van der Waals surface area contributed by atoms with Crippen molar-refractivity contribution in [2.24, 2.45) is 5.73 Å². The van der Waals surface area contributed by atoms with Gasteiger partial charge in [-0.3, -0.25) is 0 Å². The molecule has 6 heteroatoms. The first kappa shape index (κ1) is 15.0. The van der Waals surface area contributed by atoms with Crippen molar-refractivity contribution in [3.8, 4) is 11.5 Å². The predicted octanol–water partition coefficient (Wildman–Crippen LogP) is 4.57. The monoisotopic (exact) mass is 317 g/mol. The van der Waals surface area contributed by atoms with Gasteiger partial charge >= 0.3 is 0 Å². The van der Waals surface area contributed by atoms with Gasteiger partial charge in [-0.05, 0) is 42.8 Å². The Balaban J connectivity index is 2.31. The maximum atomic E-state index is 13.8. The van der Waals surface area contributed by atoms with E-state index in [-0.39, 0.29) is 10.8 Å². The van der Waals surface area contributed by atoms with Crippen molar-refractivity contribution in [2.75, 3.05) is 6.54 Å². The zero-order chi connectivity index (χ0) is 14.7. The van der Waals surface area contributed by atoms with E-state index in [9.17, 15) is 8.78 Å². The highest BCUT2D eigenvalue weighted by Gasteiger charge is 2.14. The largest absolute Gasteiger partial charge is 0.451 e. The van der Waals surface area contributed by atoms with Crippen LogP contribution in [0.25, 0.3) is 0 Å². The lowest BCUT2D eigenvalue weighted by molar-refractivity contribution is 0.406. The Hall–Kier alpha value is -1.36. The lowest BCUT2D eigenvalue weighted by Gasteiger charge is -2.10. The Morgan fingerprint density at radius 3 is 2.20 bits per heavy atom. The molecule has 106 valence electrons. The van der Waals surface area contributed by atoms with Gasteiger partial charge in [0.25, 0.3) is 0 Å². The van der Waals surface area contributed by atoms with Crippen LogP contribution in [0, 0.1) is 11.6 Å². The maximum absolute atomic E-state index is 13.8. The third kappa shape index (κ3) is 3.39. The zero-order valence-corrected chi connectivity index (χ0v) is 11.8. The molecule has 0 spiro atoms. The molecule has 0 aliphatic rings. The Labute approximate surface area is 125 Å². The zero-order valence-electron chi connectivity index (χ0n) is 10.3. The van der Waals surface area contributed by atoms with Gasteiger partial charge in [0.15, 0.2) is 17.4 Å². The topological polar surface area (TPSA) is 35.2 Å². The van der Waals surface area contributed by atoms with Crippen molar-refractivity contribution in [3.05, 3.63) is 57.6 Å². The van der Waals surface area contributed by atoms with Crippen LogP contribution in [0.1, 0.15) is 5.56 Å². The fourth-order valence-electron chi connectivity index (χ4n) is 1.68. The molecule has 20 heavy (non-hydrogen) atoms. The molecule has 0 fully saturated rings. The first-order valence-electron chi connectivity index (χ1n) is 5.82. The highest BCUT2D eigenvalue weighted by molar-refractivity contribution is 6.42. The van der Waals surface area contributed by atoms with Crippen molar-refractivity contribution in [3.63, 3.8) is 0 Å². The summed E-state index contributed by atoms with van der Waals surface area (Å²) in [6.45, 7) is 0.311. The number of ether oxygens (including phenoxy) is 1. The van der Waals surface area contributed by atoms with E-state index >= 15 is 0 Å². The van der Waals surface area contributed by atoms with Crippen LogP contribution in [0.15, 0.2) is 30.3 Å². The molecular weight excluding hydrogens is 307 g/mol. The standard InChI is InChI=1S/C14H11Cl2F2NO/c15-10-2-1-9(7-11(10)16)20-14-12(17)5-8(3-4-19)6-13(14)18/h1-2,5-7H,3-4,19H2. The van der Waals surface area contributed by atoms with E-state index in [1.54, 1.807) is 0 Å². The van der Waals surface area contributed by atoms with E-state index in [0.29, 0.717) is 23.6 Å². The van der Waals surface area contributed by atoms with E-state index < -0.39 is 17.4 Å². The predicted molar refractivity (Wildman–Crippen MR) is 75.7 cm³/mol. The van der Waals surface area contributed by atoms with Gasteiger partial charge < -0.3 is 10.5 Å². The average molecular weight is 318 g/mol. The molecule has 0 atom stereocenters. The van der Waals surface area contributed by atoms with E-state index in [2.05, 4.69) is 0 Å². The summed E-state index contributed by atoms with van der Waals surface area (Å²) in [7, 11) is 0. The Morgan fingerprint density at radius 2 is 1.65 bits per heavy atom. The van der Waals surface area contributed by atoms with Crippen LogP contribution in [-0.4, -0.2) is 6.54 Å². The van der Waals surface area contributed by atoms with E-state index in [0.717, 1.165) is 0 Å². The van der Waals surface area contributed by atoms with Gasteiger partial charge in [-0.1, -0.05) is 23.2 Å². The molecular formula is C14H11Cl2F2NO. The van der Waals surface area contributed by atoms with E-state index in [1.165, 1.54) is 30.3 Å². The first-order valence-corrected chi connectivity index (χ1v) is 6.57. The van der Waals surface area contributed by atoms with Crippen LogP contribution in [0.4, 0.5) is 8.78 Å². The number of benzene rings is 2. The second-order valence-electron chi connectivity index (χ2n) is 4.11. The van der Waals surface area contributed by atoms with E-state index in [1.807, 2.05) is 0 Å². The fourth-order valence-corrected chi connectivity index (χ4v) is 1.97. The van der Waals surface area contributed by atoms with Crippen molar-refractivity contribution >= 4 is 23.2 Å². The van der Waals surface area contributed by atoms with Crippen molar-refractivity contribution in [2.45, 2.75) is 6.42 Å². The van der Waals surface area contributed by atoms with Gasteiger partial charge in [0, 0.05) is 6.07 Å². The summed E-state index contributed by atoms with van der Waals surface area (Å²) in [5.74, 6) is -1.87. The molecule has 0 bridgehead atoms. The SMILES string of the molecule is NCCc1cc(F)c(Oc2ccc(Cl)c(Cl)c2)c(F)c1. The summed E-state index contributed by atoms with van der Waals surface area (Å²) in [6, 6.07) is 6.74. The molecule has 2 aromatic rings. The number of halogens is 4. The molecule has 0 saturated heterocycles. The molecule has 0 amide bonds. The molecule has 0 saturated carbocycles. The quantitative estimate of drug-likeness (QED) is 0.896. The van der Waals surface area contributed by atoms with Gasteiger partial charge in [0.1, 0.15) is 5.75 Å². The van der Waals surface area contributed by atoms with Crippen LogP contribution < -0.4 is 10.5 Å². The summed E-state index contributed by atoms with van der Waals surface area (Å²) in [4.78, 5) is 0. The van der Waals surface area contributed by atoms with Crippen molar-refractivity contribution < 1.29 is 13.5 Å². The van der Waals surface area contributed by atoms with Crippen LogP contribution in [0.5, 0.6) is 11.5 Å². The number of rotatable bonds is 4. The molecule has 2 nitrogen and oxygen atoms in total. The first-order chi connectivity index (χ1) is 9.51. The summed E-state index contributed by atoms with van der Waals surface area (Å²) >= 11 is 11.6. The molecule has 2 rings (SSSR count). The van der Waals surface area contributed by atoms with Crippen LogP contribution >= 0.6 is 23.2 Å². The molecule has 2 N–H and O–H groups in total. The molecule has 0 radical (unpaired) electrons. The Morgan fingerprint density at radius 1 is 1.00 bits per heavy atom. The van der Waals surface area contributed by atoms with Gasteiger partial charge in [0.2, 0.25) is 0 Å². The normalized spacial score (nSPS) is 10.7. The van der Waals surface area contributed by atoms with E-state index in [4.69, 9.17) is 33.7 Å². The van der Waals surface area contributed by atoms with Gasteiger partial charge in [0.05, 0.1) is 10.0 Å². The smallest absolute Gasteiger partial charge is 0.198 e. The fraction of sp³-hybridized carbons (Fsp3) is 0.143. The second-order valence-corrected chi connectivity index (χ2v) is 4.92. The average Bonchev–Trinajstić information content (AvgIpc) is 2.38. The Kier molecular flexibility index (Phi) is 4.81. The van der Waals surface area contributed by atoms with Crippen molar-refractivity contribution in [1.29, 1.82) is 0 Å². The van der Waals surface area contributed by atoms with Crippen LogP contribution in [-0.2, 0) is 6.42 Å². The highest BCUT2D eigenvalue weighted by Crippen LogP contribution is 2.32. The minimum atomic E-state index is -0.792. The lowest BCUT2D eigenvalue weighted by atomic mass is 10.1. The summed E-state index contributed by atoms with van der Waals surface area (Å²) in [5, 5.41) is 0.572. The molecule has 0 unspecified atom stereocenters. The van der Waals surface area contributed by atoms with Gasteiger partial charge in [-0.25, -0.2) is 8.78 Å². The minimum absolute atomic E-state index is 0.198.